The summed E-state index contributed by atoms with van der Waals surface area (Å²) in [5.74, 6) is 0. The fourth-order valence-electron chi connectivity index (χ4n) is 2.88. The molecule has 1 aliphatic heterocycles. The van der Waals surface area contributed by atoms with Crippen LogP contribution >= 0.6 is 22.7 Å². The van der Waals surface area contributed by atoms with Gasteiger partial charge >= 0.3 is 0 Å². The zero-order chi connectivity index (χ0) is 18.3. The van der Waals surface area contributed by atoms with Crippen LogP contribution < -0.4 is 5.56 Å². The normalized spacial score (nSPS) is 17.1. The van der Waals surface area contributed by atoms with Gasteiger partial charge in [0.05, 0.1) is 6.54 Å². The third kappa shape index (κ3) is 3.32. The number of aryl methyl sites for hydroxylation is 1. The SMILES string of the molecule is Cc1cc(=O)n2nc(CN3CCN(S(=O)(=O)c4cccs4)CC3)sc2n1. The van der Waals surface area contributed by atoms with Crippen LogP contribution in [0.15, 0.2) is 32.6 Å². The number of hydrogen-bond donors (Lipinski definition) is 0. The number of rotatable bonds is 4. The molecule has 138 valence electrons. The van der Waals surface area contributed by atoms with E-state index in [1.54, 1.807) is 24.4 Å². The summed E-state index contributed by atoms with van der Waals surface area (Å²) in [6.45, 7) is 4.52. The molecule has 0 spiro atoms. The molecule has 4 heterocycles. The monoisotopic (exact) mass is 411 g/mol. The molecule has 0 amide bonds. The first-order chi connectivity index (χ1) is 12.4. The van der Waals surface area contributed by atoms with Gasteiger partial charge in [-0.1, -0.05) is 17.4 Å². The molecule has 1 saturated heterocycles. The molecule has 0 aliphatic carbocycles. The van der Waals surface area contributed by atoms with Crippen LogP contribution in [0.3, 0.4) is 0 Å². The Bertz CT molecular complexity index is 1080. The summed E-state index contributed by atoms with van der Waals surface area (Å²) in [6, 6.07) is 4.85. The van der Waals surface area contributed by atoms with Gasteiger partial charge in [0.2, 0.25) is 4.96 Å². The molecule has 1 fully saturated rings. The van der Waals surface area contributed by atoms with E-state index >= 15 is 0 Å². The molecular weight excluding hydrogens is 394 g/mol. The highest BCUT2D eigenvalue weighted by molar-refractivity contribution is 7.91. The Balaban J connectivity index is 1.44. The fourth-order valence-corrected chi connectivity index (χ4v) is 6.43. The predicted octanol–water partition coefficient (Wildman–Crippen LogP) is 1.03. The molecule has 11 heteroatoms. The quantitative estimate of drug-likeness (QED) is 0.637. The maximum absolute atomic E-state index is 12.6. The van der Waals surface area contributed by atoms with Gasteiger partial charge in [-0.3, -0.25) is 9.69 Å². The van der Waals surface area contributed by atoms with Crippen LogP contribution in [0, 0.1) is 6.92 Å². The summed E-state index contributed by atoms with van der Waals surface area (Å²) in [7, 11) is -3.39. The van der Waals surface area contributed by atoms with Crippen LogP contribution in [0.2, 0.25) is 0 Å². The van der Waals surface area contributed by atoms with Crippen LogP contribution in [0.5, 0.6) is 0 Å². The standard InChI is InChI=1S/C15H17N5O3S3/c1-11-9-13(21)20-15(16-11)25-12(17-20)10-18-4-6-19(7-5-18)26(22,23)14-3-2-8-24-14/h2-3,8-9H,4-7,10H2,1H3. The minimum atomic E-state index is -3.39. The van der Waals surface area contributed by atoms with E-state index in [0.29, 0.717) is 47.6 Å². The number of hydrogen-bond acceptors (Lipinski definition) is 8. The Morgan fingerprint density at radius 2 is 2.00 bits per heavy atom. The molecule has 3 aromatic heterocycles. The highest BCUT2D eigenvalue weighted by atomic mass is 32.2. The molecule has 0 bridgehead atoms. The third-order valence-electron chi connectivity index (χ3n) is 4.19. The Morgan fingerprint density at radius 3 is 2.69 bits per heavy atom. The van der Waals surface area contributed by atoms with Crippen LogP contribution in [0.1, 0.15) is 10.7 Å². The van der Waals surface area contributed by atoms with Crippen molar-refractivity contribution in [3.05, 3.63) is 44.6 Å². The first kappa shape index (κ1) is 17.7. The lowest BCUT2D eigenvalue weighted by Gasteiger charge is -2.33. The molecule has 3 aromatic rings. The first-order valence-electron chi connectivity index (χ1n) is 8.06. The van der Waals surface area contributed by atoms with Gasteiger partial charge < -0.3 is 0 Å². The first-order valence-corrected chi connectivity index (χ1v) is 11.2. The van der Waals surface area contributed by atoms with Gasteiger partial charge in [-0.25, -0.2) is 13.4 Å². The number of nitrogens with zero attached hydrogens (tertiary/aromatic N) is 5. The summed E-state index contributed by atoms with van der Waals surface area (Å²) in [5.41, 5.74) is 0.499. The van der Waals surface area contributed by atoms with E-state index in [-0.39, 0.29) is 5.56 Å². The van der Waals surface area contributed by atoms with Crippen LogP contribution in [0.4, 0.5) is 0 Å². The van der Waals surface area contributed by atoms with Gasteiger partial charge in [-0.2, -0.15) is 13.9 Å². The van der Waals surface area contributed by atoms with Crippen LogP contribution in [-0.4, -0.2) is 58.4 Å². The second-order valence-corrected chi connectivity index (χ2v) is 10.2. The van der Waals surface area contributed by atoms with E-state index in [1.165, 1.54) is 37.6 Å². The van der Waals surface area contributed by atoms with E-state index < -0.39 is 10.0 Å². The topological polar surface area (TPSA) is 87.9 Å². The van der Waals surface area contributed by atoms with E-state index in [1.807, 2.05) is 0 Å². The predicted molar refractivity (Wildman–Crippen MR) is 100 cm³/mol. The highest BCUT2D eigenvalue weighted by Gasteiger charge is 2.29. The summed E-state index contributed by atoms with van der Waals surface area (Å²) in [6.07, 6.45) is 0. The fraction of sp³-hybridized carbons (Fsp3) is 0.400. The van der Waals surface area contributed by atoms with Crippen molar-refractivity contribution in [2.45, 2.75) is 17.7 Å². The van der Waals surface area contributed by atoms with Gasteiger partial charge in [0.1, 0.15) is 9.22 Å². The van der Waals surface area contributed by atoms with Crippen molar-refractivity contribution in [1.29, 1.82) is 0 Å². The van der Waals surface area contributed by atoms with Crippen LogP contribution in [-0.2, 0) is 16.6 Å². The van der Waals surface area contributed by atoms with Gasteiger partial charge in [0, 0.05) is 37.9 Å². The number of thiophene rings is 1. The average Bonchev–Trinajstić information content (AvgIpc) is 3.25. The molecule has 8 nitrogen and oxygen atoms in total. The summed E-state index contributed by atoms with van der Waals surface area (Å²) < 4.78 is 28.4. The molecule has 0 radical (unpaired) electrons. The average molecular weight is 412 g/mol. The lowest BCUT2D eigenvalue weighted by molar-refractivity contribution is 0.181. The molecule has 0 N–H and O–H groups in total. The van der Waals surface area contributed by atoms with Gasteiger partial charge in [-0.05, 0) is 18.4 Å². The van der Waals surface area contributed by atoms with Gasteiger partial charge in [0.25, 0.3) is 15.6 Å². The maximum atomic E-state index is 12.6. The molecular formula is C15H17N5O3S3. The zero-order valence-corrected chi connectivity index (χ0v) is 16.5. The van der Waals surface area contributed by atoms with Crippen molar-refractivity contribution in [3.63, 3.8) is 0 Å². The largest absolute Gasteiger partial charge is 0.294 e. The summed E-state index contributed by atoms with van der Waals surface area (Å²) in [4.78, 5) is 19.0. The number of sulfonamides is 1. The van der Waals surface area contributed by atoms with Crippen molar-refractivity contribution < 1.29 is 8.42 Å². The Morgan fingerprint density at radius 1 is 1.23 bits per heavy atom. The van der Waals surface area contributed by atoms with Crippen molar-refractivity contribution in [3.8, 4) is 0 Å². The Hall–Kier alpha value is -1.66. The smallest absolute Gasteiger partial charge is 0.275 e. The third-order valence-corrected chi connectivity index (χ3v) is 8.36. The Labute approximate surface area is 158 Å². The second-order valence-electron chi connectivity index (χ2n) is 6.04. The molecule has 0 atom stereocenters. The lowest BCUT2D eigenvalue weighted by atomic mass is 10.3. The Kier molecular flexibility index (Phi) is 4.65. The number of aromatic nitrogens is 3. The summed E-state index contributed by atoms with van der Waals surface area (Å²) >= 11 is 2.63. The van der Waals surface area contributed by atoms with E-state index in [4.69, 9.17) is 0 Å². The summed E-state index contributed by atoms with van der Waals surface area (Å²) in [5, 5.41) is 6.92. The van der Waals surface area contributed by atoms with Gasteiger partial charge in [0.15, 0.2) is 0 Å². The minimum Gasteiger partial charge on any atom is -0.294 e. The number of piperazine rings is 1. The van der Waals surface area contributed by atoms with E-state index in [0.717, 1.165) is 5.01 Å². The highest BCUT2D eigenvalue weighted by Crippen LogP contribution is 2.22. The lowest BCUT2D eigenvalue weighted by Crippen LogP contribution is -2.48. The molecule has 0 saturated carbocycles. The molecule has 26 heavy (non-hydrogen) atoms. The van der Waals surface area contributed by atoms with E-state index in [2.05, 4.69) is 15.0 Å². The van der Waals surface area contributed by atoms with Crippen molar-refractivity contribution in [2.75, 3.05) is 26.2 Å². The zero-order valence-electron chi connectivity index (χ0n) is 14.0. The second kappa shape index (κ2) is 6.82. The van der Waals surface area contributed by atoms with Crippen LogP contribution in [0.25, 0.3) is 4.96 Å². The van der Waals surface area contributed by atoms with Crippen molar-refractivity contribution in [2.24, 2.45) is 0 Å². The van der Waals surface area contributed by atoms with Crippen molar-refractivity contribution in [1.82, 2.24) is 23.8 Å². The molecule has 4 rings (SSSR count). The molecule has 1 aliphatic rings. The number of fused-ring (bicyclic) bond motifs is 1. The van der Waals surface area contributed by atoms with E-state index in [9.17, 15) is 13.2 Å². The minimum absolute atomic E-state index is 0.179. The van der Waals surface area contributed by atoms with Crippen molar-refractivity contribution >= 4 is 37.7 Å². The molecule has 0 aromatic carbocycles. The van der Waals surface area contributed by atoms with Gasteiger partial charge in [-0.15, -0.1) is 11.3 Å². The maximum Gasteiger partial charge on any atom is 0.275 e. The molecule has 0 unspecified atom stereocenters.